The van der Waals surface area contributed by atoms with E-state index < -0.39 is 0 Å². The maximum atomic E-state index is 4.71. The van der Waals surface area contributed by atoms with Crippen LogP contribution in [-0.4, -0.2) is 0 Å². The van der Waals surface area contributed by atoms with Crippen LogP contribution in [0.4, 0.5) is 0 Å². The summed E-state index contributed by atoms with van der Waals surface area (Å²) in [6.45, 7) is 13.9. The topological polar surface area (TPSA) is 0 Å². The normalized spacial score (nSPS) is 11.7. The Labute approximate surface area is 199 Å². The lowest BCUT2D eigenvalue weighted by Gasteiger charge is -2.39. The Kier molecular flexibility index (Phi) is 7.14. The first-order chi connectivity index (χ1) is 16.1. The monoisotopic (exact) mass is 432 g/mol. The molecule has 0 radical (unpaired) electrons. The average molecular weight is 433 g/mol. The average Bonchev–Trinajstić information content (AvgIpc) is 2.84. The molecule has 4 aromatic carbocycles. The summed E-state index contributed by atoms with van der Waals surface area (Å²) in [5.41, 5.74) is 5.26. The van der Waals surface area contributed by atoms with Gasteiger partial charge >= 0.3 is 0 Å². The van der Waals surface area contributed by atoms with E-state index in [0.29, 0.717) is 0 Å². The van der Waals surface area contributed by atoms with Crippen molar-refractivity contribution < 1.29 is 0 Å². The molecule has 0 bridgehead atoms. The van der Waals surface area contributed by atoms with Gasteiger partial charge in [0.2, 0.25) is 0 Å². The van der Waals surface area contributed by atoms with Crippen molar-refractivity contribution in [2.75, 3.05) is 0 Å². The van der Waals surface area contributed by atoms with E-state index in [-0.39, 0.29) is 5.41 Å². The van der Waals surface area contributed by atoms with Gasteiger partial charge in [-0.25, -0.2) is 0 Å². The highest BCUT2D eigenvalue weighted by Crippen LogP contribution is 2.46. The zero-order valence-electron chi connectivity index (χ0n) is 20.2. The van der Waals surface area contributed by atoms with Gasteiger partial charge in [0.25, 0.3) is 0 Å². The second-order valence-electron chi connectivity index (χ2n) is 9.42. The quantitative estimate of drug-likeness (QED) is 0.219. The summed E-state index contributed by atoms with van der Waals surface area (Å²) < 4.78 is 0. The molecule has 0 saturated heterocycles. The van der Waals surface area contributed by atoms with E-state index in [1.165, 1.54) is 43.8 Å². The van der Waals surface area contributed by atoms with E-state index in [1.54, 1.807) is 0 Å². The van der Waals surface area contributed by atoms with Crippen LogP contribution in [-0.2, 0) is 12.8 Å². The van der Waals surface area contributed by atoms with Gasteiger partial charge < -0.3 is 0 Å². The number of hydrogen-bond acceptors (Lipinski definition) is 0. The molecular formula is C33H36. The molecule has 0 unspecified atom stereocenters. The molecule has 0 amide bonds. The molecule has 0 N–H and O–H groups in total. The first kappa shape index (κ1) is 23.1. The third kappa shape index (κ3) is 4.67. The van der Waals surface area contributed by atoms with Crippen molar-refractivity contribution in [2.24, 2.45) is 5.41 Å². The zero-order chi connectivity index (χ0) is 23.3. The van der Waals surface area contributed by atoms with Crippen molar-refractivity contribution in [3.05, 3.63) is 120 Å². The van der Waals surface area contributed by atoms with Crippen LogP contribution in [0.2, 0.25) is 0 Å². The van der Waals surface area contributed by atoms with Gasteiger partial charge in [-0.2, -0.15) is 0 Å². The van der Waals surface area contributed by atoms with Crippen molar-refractivity contribution >= 4 is 21.5 Å². The number of rotatable bonds is 10. The Balaban J connectivity index is 1.89. The molecule has 0 aliphatic rings. The molecule has 0 heterocycles. The summed E-state index contributed by atoms with van der Waals surface area (Å²) in [5.74, 6) is 0. The molecule has 4 aromatic rings. The van der Waals surface area contributed by atoms with Gasteiger partial charge in [0, 0.05) is 5.41 Å². The van der Waals surface area contributed by atoms with Crippen molar-refractivity contribution in [1.82, 2.24) is 0 Å². The summed E-state index contributed by atoms with van der Waals surface area (Å²) in [6, 6.07) is 31.0. The molecule has 0 aliphatic carbocycles. The van der Waals surface area contributed by atoms with Gasteiger partial charge in [-0.15, -0.1) is 0 Å². The fourth-order valence-corrected chi connectivity index (χ4v) is 5.44. The van der Waals surface area contributed by atoms with Crippen LogP contribution in [0, 0.1) is 5.41 Å². The van der Waals surface area contributed by atoms with Crippen LogP contribution >= 0.6 is 0 Å². The Bertz CT molecular complexity index is 1160. The van der Waals surface area contributed by atoms with Crippen molar-refractivity contribution in [3.8, 4) is 0 Å². The van der Waals surface area contributed by atoms with E-state index in [9.17, 15) is 0 Å². The highest BCUT2D eigenvalue weighted by atomic mass is 14.4. The van der Waals surface area contributed by atoms with Gasteiger partial charge in [-0.1, -0.05) is 136 Å². The van der Waals surface area contributed by atoms with Gasteiger partial charge in [0.1, 0.15) is 0 Å². The fraction of sp³-hybridized carbons (Fsp3) is 0.273. The Morgan fingerprint density at radius 2 is 0.970 bits per heavy atom. The van der Waals surface area contributed by atoms with Crippen molar-refractivity contribution in [2.45, 2.75) is 52.4 Å². The van der Waals surface area contributed by atoms with E-state index in [1.807, 2.05) is 0 Å². The first-order valence-corrected chi connectivity index (χ1v) is 12.4. The second-order valence-corrected chi connectivity index (χ2v) is 9.42. The molecule has 33 heavy (non-hydrogen) atoms. The smallest absolute Gasteiger partial charge is 0.0196 e. The van der Waals surface area contributed by atoms with Crippen LogP contribution in [0.25, 0.3) is 21.5 Å². The minimum Gasteiger partial charge on any atom is -0.0989 e. The maximum absolute atomic E-state index is 4.71. The van der Waals surface area contributed by atoms with E-state index >= 15 is 0 Å². The van der Waals surface area contributed by atoms with E-state index in [2.05, 4.69) is 98.8 Å². The lowest BCUT2D eigenvalue weighted by atomic mass is 9.64. The molecule has 168 valence electrons. The second kappa shape index (κ2) is 10.2. The molecule has 0 aromatic heterocycles. The summed E-state index contributed by atoms with van der Waals surface area (Å²) in [7, 11) is 0. The maximum Gasteiger partial charge on any atom is 0.0196 e. The van der Waals surface area contributed by atoms with Crippen molar-refractivity contribution in [1.29, 1.82) is 0 Å². The molecule has 4 rings (SSSR count). The standard InChI is InChI=1S/C33H36/c1-5-13-25(3)33(26(4)14-6-2,23-29-19-11-17-27-15-7-9-21-31(27)29)24-30-20-12-18-28-16-8-10-22-32(28)30/h7-12,15-22H,3-6,13-14,23-24H2,1-2H3. The number of hydrogen-bond donors (Lipinski definition) is 0. The molecule has 0 fully saturated rings. The SMILES string of the molecule is C=C(CCC)C(Cc1cccc2ccccc12)(Cc1cccc2ccccc12)C(=C)CCC. The zero-order valence-corrected chi connectivity index (χ0v) is 20.2. The molecule has 0 atom stereocenters. The van der Waals surface area contributed by atoms with Crippen molar-refractivity contribution in [3.63, 3.8) is 0 Å². The Hall–Kier alpha value is -3.12. The molecule has 0 saturated carbocycles. The molecule has 0 nitrogen and oxygen atoms in total. The Morgan fingerprint density at radius 3 is 1.39 bits per heavy atom. The van der Waals surface area contributed by atoms with Gasteiger partial charge in [-0.05, 0) is 58.4 Å². The molecule has 0 spiro atoms. The van der Waals surface area contributed by atoms with Gasteiger partial charge in [-0.3, -0.25) is 0 Å². The van der Waals surface area contributed by atoms with E-state index in [4.69, 9.17) is 13.2 Å². The van der Waals surface area contributed by atoms with Crippen LogP contribution in [0.3, 0.4) is 0 Å². The lowest BCUT2D eigenvalue weighted by molar-refractivity contribution is 0.397. The minimum absolute atomic E-state index is 0.166. The summed E-state index contributed by atoms with van der Waals surface area (Å²) in [6.07, 6.45) is 6.14. The third-order valence-electron chi connectivity index (χ3n) is 7.20. The predicted octanol–water partition coefficient (Wildman–Crippen LogP) is 9.48. The van der Waals surface area contributed by atoms with Crippen LogP contribution in [0.1, 0.15) is 50.7 Å². The Morgan fingerprint density at radius 1 is 0.576 bits per heavy atom. The molecule has 0 heteroatoms. The number of fused-ring (bicyclic) bond motifs is 2. The summed E-state index contributed by atoms with van der Waals surface area (Å²) >= 11 is 0. The van der Waals surface area contributed by atoms with Gasteiger partial charge in [0.05, 0.1) is 0 Å². The van der Waals surface area contributed by atoms with Crippen LogP contribution in [0.15, 0.2) is 109 Å². The highest BCUT2D eigenvalue weighted by molar-refractivity contribution is 5.87. The largest absolute Gasteiger partial charge is 0.0989 e. The van der Waals surface area contributed by atoms with Gasteiger partial charge in [0.15, 0.2) is 0 Å². The molecular weight excluding hydrogens is 396 g/mol. The van der Waals surface area contributed by atoms with E-state index in [0.717, 1.165) is 38.5 Å². The third-order valence-corrected chi connectivity index (χ3v) is 7.20. The minimum atomic E-state index is -0.166. The fourth-order valence-electron chi connectivity index (χ4n) is 5.44. The first-order valence-electron chi connectivity index (χ1n) is 12.4. The highest BCUT2D eigenvalue weighted by Gasteiger charge is 2.36. The lowest BCUT2D eigenvalue weighted by Crippen LogP contribution is -2.31. The van der Waals surface area contributed by atoms with Crippen LogP contribution < -0.4 is 0 Å². The summed E-state index contributed by atoms with van der Waals surface area (Å²) in [5, 5.41) is 5.29. The summed E-state index contributed by atoms with van der Waals surface area (Å²) in [4.78, 5) is 0. The number of allylic oxidation sites excluding steroid dienone is 2. The van der Waals surface area contributed by atoms with Crippen LogP contribution in [0.5, 0.6) is 0 Å². The molecule has 0 aliphatic heterocycles. The number of benzene rings is 4. The predicted molar refractivity (Wildman–Crippen MR) is 146 cm³/mol.